The molecule has 7 nitrogen and oxygen atoms in total. The van der Waals surface area contributed by atoms with Crippen LogP contribution in [0.5, 0.6) is 0 Å². The van der Waals surface area contributed by atoms with E-state index in [1.54, 1.807) is 0 Å². The van der Waals surface area contributed by atoms with E-state index in [9.17, 15) is 4.79 Å². The van der Waals surface area contributed by atoms with E-state index in [0.717, 1.165) is 0 Å². The zero-order valence-electron chi connectivity index (χ0n) is 14.1. The number of amides is 1. The smallest absolute Gasteiger partial charge is 0.407 e. The van der Waals surface area contributed by atoms with Crippen molar-refractivity contribution < 1.29 is 19.0 Å². The molecule has 0 aromatic heterocycles. The third-order valence-electron chi connectivity index (χ3n) is 4.84. The highest BCUT2D eigenvalue weighted by Gasteiger charge is 2.49. The zero-order valence-corrected chi connectivity index (χ0v) is 14.9. The molecule has 1 amide bonds. The molecule has 136 valence electrons. The van der Waals surface area contributed by atoms with Crippen molar-refractivity contribution in [3.8, 4) is 0 Å². The summed E-state index contributed by atoms with van der Waals surface area (Å²) in [5.41, 5.74) is 0. The fraction of sp³-hybridized carbons (Fsp3) is 0.875. The molecule has 3 aliphatic rings. The summed E-state index contributed by atoms with van der Waals surface area (Å²) in [4.78, 5) is 11.6. The molecule has 2 aliphatic heterocycles. The Morgan fingerprint density at radius 1 is 1.12 bits per heavy atom. The minimum atomic E-state index is -0.429. The summed E-state index contributed by atoms with van der Waals surface area (Å²) in [6.07, 6.45) is 5.02. The van der Waals surface area contributed by atoms with E-state index < -0.39 is 6.09 Å². The van der Waals surface area contributed by atoms with Crippen LogP contribution >= 0.6 is 12.2 Å². The normalized spacial score (nSPS) is 32.9. The summed E-state index contributed by atoms with van der Waals surface area (Å²) in [6.45, 7) is 3.23. The van der Waals surface area contributed by atoms with E-state index in [-0.39, 0.29) is 24.4 Å². The Balaban J connectivity index is 1.45. The van der Waals surface area contributed by atoms with Crippen LogP contribution in [-0.2, 0) is 14.2 Å². The topological polar surface area (TPSA) is 80.9 Å². The van der Waals surface area contributed by atoms with Crippen molar-refractivity contribution in [2.75, 3.05) is 19.8 Å². The van der Waals surface area contributed by atoms with Crippen molar-refractivity contribution in [2.45, 2.75) is 69.4 Å². The average Bonchev–Trinajstić information content (AvgIpc) is 3.13. The molecule has 0 unspecified atom stereocenters. The van der Waals surface area contributed by atoms with E-state index >= 15 is 0 Å². The maximum Gasteiger partial charge on any atom is 0.407 e. The number of hydrogen-bond acceptors (Lipinski definition) is 5. The molecule has 2 saturated heterocycles. The second-order valence-electron chi connectivity index (χ2n) is 6.63. The molecule has 0 radical (unpaired) electrons. The van der Waals surface area contributed by atoms with Gasteiger partial charge in [0.2, 0.25) is 0 Å². The van der Waals surface area contributed by atoms with Gasteiger partial charge in [0.25, 0.3) is 0 Å². The lowest BCUT2D eigenvalue weighted by Gasteiger charge is -2.26. The van der Waals surface area contributed by atoms with Crippen LogP contribution in [0.1, 0.15) is 39.0 Å². The summed E-state index contributed by atoms with van der Waals surface area (Å²) in [6, 6.07) is 0.455. The van der Waals surface area contributed by atoms with Crippen LogP contribution in [-0.4, -0.2) is 61.4 Å². The second kappa shape index (κ2) is 8.31. The van der Waals surface area contributed by atoms with Gasteiger partial charge in [-0.1, -0.05) is 19.3 Å². The second-order valence-corrected chi connectivity index (χ2v) is 7.04. The molecule has 3 rings (SSSR count). The largest absolute Gasteiger partial charge is 0.441 e. The Bertz CT molecular complexity index is 459. The summed E-state index contributed by atoms with van der Waals surface area (Å²) < 4.78 is 16.9. The molecule has 3 fully saturated rings. The molecule has 0 aromatic carbocycles. The van der Waals surface area contributed by atoms with E-state index in [1.807, 2.05) is 6.92 Å². The van der Waals surface area contributed by atoms with Crippen molar-refractivity contribution >= 4 is 23.4 Å². The molecule has 1 aliphatic carbocycles. The van der Waals surface area contributed by atoms with Crippen LogP contribution in [0, 0.1) is 0 Å². The van der Waals surface area contributed by atoms with Gasteiger partial charge in [-0.05, 0) is 32.0 Å². The summed E-state index contributed by atoms with van der Waals surface area (Å²) >= 11 is 5.44. The van der Waals surface area contributed by atoms with Crippen LogP contribution in [0.25, 0.3) is 0 Å². The van der Waals surface area contributed by atoms with Crippen LogP contribution < -0.4 is 16.0 Å². The number of ether oxygens (including phenoxy) is 3. The number of alkyl carbamates (subject to hydrolysis) is 1. The molecule has 2 heterocycles. The maximum absolute atomic E-state index is 11.6. The summed E-state index contributed by atoms with van der Waals surface area (Å²) in [5, 5.41) is 9.99. The number of rotatable bonds is 4. The Hall–Kier alpha value is -1.12. The molecule has 1 saturated carbocycles. The van der Waals surface area contributed by atoms with Crippen LogP contribution in [0.15, 0.2) is 0 Å². The van der Waals surface area contributed by atoms with Crippen molar-refractivity contribution in [3.63, 3.8) is 0 Å². The van der Waals surface area contributed by atoms with Gasteiger partial charge in [-0.15, -0.1) is 0 Å². The molecule has 8 heteroatoms. The lowest BCUT2D eigenvalue weighted by molar-refractivity contribution is 0.00424. The van der Waals surface area contributed by atoms with Gasteiger partial charge < -0.3 is 30.2 Å². The lowest BCUT2D eigenvalue weighted by atomic mass is 9.96. The summed E-state index contributed by atoms with van der Waals surface area (Å²) in [5.74, 6) is 0. The van der Waals surface area contributed by atoms with Crippen molar-refractivity contribution in [3.05, 3.63) is 0 Å². The predicted octanol–water partition coefficient (Wildman–Crippen LogP) is 1.06. The molecule has 0 spiro atoms. The molecular formula is C16H27N3O4S. The van der Waals surface area contributed by atoms with Crippen molar-refractivity contribution in [1.82, 2.24) is 16.0 Å². The van der Waals surface area contributed by atoms with E-state index in [0.29, 0.717) is 30.9 Å². The predicted molar refractivity (Wildman–Crippen MR) is 93.0 cm³/mol. The first kappa shape index (κ1) is 17.7. The SMILES string of the molecule is CCNC(=O)O[C@@H]1CO[C@H]2[C@@H]1OC[C@@H]2NC(=S)NC1CCCCC1. The number of carbonyl (C=O) groups excluding carboxylic acids is 1. The number of thiocarbonyl (C=S) groups is 1. The molecule has 0 aromatic rings. The molecule has 24 heavy (non-hydrogen) atoms. The van der Waals surface area contributed by atoms with Gasteiger partial charge in [-0.3, -0.25) is 0 Å². The van der Waals surface area contributed by atoms with Crippen molar-refractivity contribution in [2.24, 2.45) is 0 Å². The van der Waals surface area contributed by atoms with Gasteiger partial charge in [-0.2, -0.15) is 0 Å². The minimum absolute atomic E-state index is 0.0126. The van der Waals surface area contributed by atoms with Crippen LogP contribution in [0.3, 0.4) is 0 Å². The molecule has 3 N–H and O–H groups in total. The fourth-order valence-electron chi connectivity index (χ4n) is 3.65. The third kappa shape index (κ3) is 4.29. The quantitative estimate of drug-likeness (QED) is 0.649. The van der Waals surface area contributed by atoms with E-state index in [1.165, 1.54) is 32.1 Å². The molecule has 0 bridgehead atoms. The number of nitrogens with one attached hydrogen (secondary N) is 3. The first-order chi connectivity index (χ1) is 11.7. The minimum Gasteiger partial charge on any atom is -0.441 e. The molecular weight excluding hydrogens is 330 g/mol. The highest BCUT2D eigenvalue weighted by atomic mass is 32.1. The Morgan fingerprint density at radius 2 is 1.88 bits per heavy atom. The monoisotopic (exact) mass is 357 g/mol. The van der Waals surface area contributed by atoms with E-state index in [2.05, 4.69) is 16.0 Å². The van der Waals surface area contributed by atoms with Crippen LogP contribution in [0.2, 0.25) is 0 Å². The third-order valence-corrected chi connectivity index (χ3v) is 5.08. The standard InChI is InChI=1S/C16H27N3O4S/c1-2-17-16(20)23-12-9-22-13-11(8-21-14(12)13)19-15(24)18-10-6-4-3-5-7-10/h10-14H,2-9H2,1H3,(H,17,20)(H2,18,19,24)/t11-,12+,13+,14+/m0/s1. The number of fused-ring (bicyclic) bond motifs is 1. The van der Waals surface area contributed by atoms with Gasteiger partial charge in [-0.25, -0.2) is 4.79 Å². The van der Waals surface area contributed by atoms with Crippen LogP contribution in [0.4, 0.5) is 4.79 Å². The lowest BCUT2D eigenvalue weighted by Crippen LogP contribution is -2.51. The number of carbonyl (C=O) groups is 1. The van der Waals surface area contributed by atoms with Gasteiger partial charge in [0, 0.05) is 12.6 Å². The maximum atomic E-state index is 11.6. The Kier molecular flexibility index (Phi) is 6.13. The fourth-order valence-corrected chi connectivity index (χ4v) is 3.97. The Labute approximate surface area is 148 Å². The number of hydrogen-bond donors (Lipinski definition) is 3. The van der Waals surface area contributed by atoms with Gasteiger partial charge >= 0.3 is 6.09 Å². The average molecular weight is 357 g/mol. The van der Waals surface area contributed by atoms with Crippen molar-refractivity contribution in [1.29, 1.82) is 0 Å². The van der Waals surface area contributed by atoms with Gasteiger partial charge in [0.1, 0.15) is 12.2 Å². The highest BCUT2D eigenvalue weighted by molar-refractivity contribution is 7.80. The Morgan fingerprint density at radius 3 is 2.62 bits per heavy atom. The van der Waals surface area contributed by atoms with E-state index in [4.69, 9.17) is 26.4 Å². The first-order valence-electron chi connectivity index (χ1n) is 8.92. The summed E-state index contributed by atoms with van der Waals surface area (Å²) in [7, 11) is 0. The molecule has 4 atom stereocenters. The van der Waals surface area contributed by atoms with Gasteiger partial charge in [0.15, 0.2) is 11.2 Å². The van der Waals surface area contributed by atoms with Gasteiger partial charge in [0.05, 0.1) is 19.3 Å². The first-order valence-corrected chi connectivity index (χ1v) is 9.33. The zero-order chi connectivity index (χ0) is 16.9. The highest BCUT2D eigenvalue weighted by Crippen LogP contribution is 2.29.